The summed E-state index contributed by atoms with van der Waals surface area (Å²) in [6.07, 6.45) is -0.819. The minimum atomic E-state index is -1.14. The molecule has 0 aliphatic carbocycles. The number of aryl methyl sites for hydroxylation is 1. The number of ether oxygens (including phenoxy) is 1. The Morgan fingerprint density at radius 2 is 1.61 bits per heavy atom. The lowest BCUT2D eigenvalue weighted by Crippen LogP contribution is -2.20. The van der Waals surface area contributed by atoms with Gasteiger partial charge in [-0.1, -0.05) is 67.1 Å². The first kappa shape index (κ1) is 22.2. The number of anilines is 1. The van der Waals surface area contributed by atoms with Crippen LogP contribution in [0.4, 0.5) is 5.69 Å². The van der Waals surface area contributed by atoms with Crippen molar-refractivity contribution in [3.8, 4) is 0 Å². The first-order valence-corrected chi connectivity index (χ1v) is 10.2. The van der Waals surface area contributed by atoms with Gasteiger partial charge in [-0.2, -0.15) is 0 Å². The van der Waals surface area contributed by atoms with Crippen LogP contribution in [-0.4, -0.2) is 17.7 Å². The number of benzene rings is 3. The molecule has 0 aliphatic rings. The molecule has 3 aromatic carbocycles. The summed E-state index contributed by atoms with van der Waals surface area (Å²) in [6, 6.07) is 20.1. The first-order chi connectivity index (χ1) is 14.9. The van der Waals surface area contributed by atoms with Crippen molar-refractivity contribution in [1.82, 2.24) is 0 Å². The Kier molecular flexibility index (Phi) is 7.21. The van der Waals surface area contributed by atoms with Crippen molar-refractivity contribution >= 4 is 34.9 Å². The summed E-state index contributed by atoms with van der Waals surface area (Å²) in [7, 11) is 0. The summed E-state index contributed by atoms with van der Waals surface area (Å²) in [6.45, 7) is 3.57. The number of carbonyl (C=O) groups excluding carboxylic acids is 3. The fraction of sp³-hybridized carbons (Fsp3) is 0.160. The number of rotatable bonds is 7. The van der Waals surface area contributed by atoms with E-state index < -0.39 is 12.1 Å². The van der Waals surface area contributed by atoms with Crippen molar-refractivity contribution in [3.63, 3.8) is 0 Å². The minimum Gasteiger partial charge on any atom is -0.445 e. The maximum atomic E-state index is 13.1. The average Bonchev–Trinajstić information content (AvgIpc) is 2.79. The lowest BCUT2D eigenvalue weighted by molar-refractivity contribution is -0.115. The Morgan fingerprint density at radius 1 is 0.935 bits per heavy atom. The summed E-state index contributed by atoms with van der Waals surface area (Å²) >= 11 is 5.97. The van der Waals surface area contributed by atoms with Gasteiger partial charge in [0.1, 0.15) is 0 Å². The molecule has 31 heavy (non-hydrogen) atoms. The normalized spacial score (nSPS) is 11.5. The van der Waals surface area contributed by atoms with Crippen molar-refractivity contribution in [3.05, 3.63) is 100 Å². The van der Waals surface area contributed by atoms with Gasteiger partial charge in [-0.25, -0.2) is 4.79 Å². The van der Waals surface area contributed by atoms with Gasteiger partial charge in [-0.05, 0) is 36.8 Å². The molecule has 1 amide bonds. The zero-order chi connectivity index (χ0) is 22.4. The highest BCUT2D eigenvalue weighted by molar-refractivity contribution is 6.30. The number of hydrogen-bond acceptors (Lipinski definition) is 4. The molecule has 0 spiro atoms. The second-order valence-corrected chi connectivity index (χ2v) is 7.44. The molecule has 158 valence electrons. The monoisotopic (exact) mass is 435 g/mol. The summed E-state index contributed by atoms with van der Waals surface area (Å²) in [5, 5.41) is 3.28. The van der Waals surface area contributed by atoms with Crippen LogP contribution in [0.25, 0.3) is 0 Å². The van der Waals surface area contributed by atoms with E-state index >= 15 is 0 Å². The Hall–Kier alpha value is -3.44. The van der Waals surface area contributed by atoms with Crippen LogP contribution in [-0.2, 0) is 9.53 Å². The standard InChI is InChI=1S/C25H22ClNO4/c1-3-22(28)27-21-15-19(10-9-16(21)2)25(30)31-24(18-11-13-20(26)14-12-18)23(29)17-7-5-4-6-8-17/h4-15,24H,3H2,1-2H3,(H,27,28)/t24-/m0/s1. The SMILES string of the molecule is CCC(=O)Nc1cc(C(=O)O[C@H](C(=O)c2ccccc2)c2ccc(Cl)cc2)ccc1C. The van der Waals surface area contributed by atoms with E-state index in [0.717, 1.165) is 5.56 Å². The maximum Gasteiger partial charge on any atom is 0.339 e. The molecule has 0 aliphatic heterocycles. The van der Waals surface area contributed by atoms with E-state index in [1.165, 1.54) is 0 Å². The van der Waals surface area contributed by atoms with E-state index in [2.05, 4.69) is 5.32 Å². The molecule has 0 saturated carbocycles. The van der Waals surface area contributed by atoms with E-state index in [9.17, 15) is 14.4 Å². The van der Waals surface area contributed by atoms with E-state index in [1.54, 1.807) is 79.7 Å². The number of Topliss-reactive ketones (excluding diaryl/α,β-unsaturated/α-hetero) is 1. The number of esters is 1. The highest BCUT2D eigenvalue weighted by Gasteiger charge is 2.27. The molecule has 0 fully saturated rings. The zero-order valence-electron chi connectivity index (χ0n) is 17.2. The van der Waals surface area contributed by atoms with Gasteiger partial charge in [0.05, 0.1) is 5.56 Å². The van der Waals surface area contributed by atoms with Crippen LogP contribution >= 0.6 is 11.6 Å². The highest BCUT2D eigenvalue weighted by Crippen LogP contribution is 2.26. The molecule has 3 rings (SSSR count). The van der Waals surface area contributed by atoms with Crippen LogP contribution in [0.2, 0.25) is 5.02 Å². The maximum absolute atomic E-state index is 13.1. The van der Waals surface area contributed by atoms with Gasteiger partial charge in [0.2, 0.25) is 11.7 Å². The third-order valence-electron chi connectivity index (χ3n) is 4.76. The Balaban J connectivity index is 1.91. The van der Waals surface area contributed by atoms with Crippen LogP contribution in [0, 0.1) is 6.92 Å². The number of carbonyl (C=O) groups is 3. The largest absolute Gasteiger partial charge is 0.445 e. The second kappa shape index (κ2) is 10.0. The van der Waals surface area contributed by atoms with Gasteiger partial charge >= 0.3 is 5.97 Å². The molecular weight excluding hydrogens is 414 g/mol. The number of nitrogens with one attached hydrogen (secondary N) is 1. The van der Waals surface area contributed by atoms with E-state index in [0.29, 0.717) is 28.3 Å². The molecule has 1 N–H and O–H groups in total. The lowest BCUT2D eigenvalue weighted by atomic mass is 9.99. The zero-order valence-corrected chi connectivity index (χ0v) is 18.0. The molecule has 0 heterocycles. The molecule has 6 heteroatoms. The van der Waals surface area contributed by atoms with Crippen molar-refractivity contribution in [1.29, 1.82) is 0 Å². The topological polar surface area (TPSA) is 72.5 Å². The third kappa shape index (κ3) is 5.58. The van der Waals surface area contributed by atoms with E-state index in [-0.39, 0.29) is 17.3 Å². The van der Waals surface area contributed by atoms with Crippen LogP contribution in [0.5, 0.6) is 0 Å². The fourth-order valence-corrected chi connectivity index (χ4v) is 3.09. The minimum absolute atomic E-state index is 0.160. The summed E-state index contributed by atoms with van der Waals surface area (Å²) < 4.78 is 5.66. The first-order valence-electron chi connectivity index (χ1n) is 9.85. The van der Waals surface area contributed by atoms with Gasteiger partial charge in [0.25, 0.3) is 0 Å². The van der Waals surface area contributed by atoms with Crippen molar-refractivity contribution < 1.29 is 19.1 Å². The molecule has 1 atom stereocenters. The Bertz CT molecular complexity index is 1090. The molecule has 0 saturated heterocycles. The van der Waals surface area contributed by atoms with Gasteiger partial charge in [0, 0.05) is 28.3 Å². The third-order valence-corrected chi connectivity index (χ3v) is 5.01. The van der Waals surface area contributed by atoms with Crippen LogP contribution < -0.4 is 5.32 Å². The fourth-order valence-electron chi connectivity index (χ4n) is 2.96. The van der Waals surface area contributed by atoms with Crippen molar-refractivity contribution in [2.24, 2.45) is 0 Å². The quantitative estimate of drug-likeness (QED) is 0.377. The van der Waals surface area contributed by atoms with Crippen molar-refractivity contribution in [2.45, 2.75) is 26.4 Å². The molecule has 0 radical (unpaired) electrons. The van der Waals surface area contributed by atoms with Crippen molar-refractivity contribution in [2.75, 3.05) is 5.32 Å². The van der Waals surface area contributed by atoms with Crippen LogP contribution in [0.1, 0.15) is 51.3 Å². The molecular formula is C25H22ClNO4. The molecule has 0 aromatic heterocycles. The van der Waals surface area contributed by atoms with Crippen LogP contribution in [0.3, 0.4) is 0 Å². The number of halogens is 1. The van der Waals surface area contributed by atoms with Gasteiger partial charge < -0.3 is 10.1 Å². The Morgan fingerprint density at radius 3 is 2.26 bits per heavy atom. The molecule has 0 unspecified atom stereocenters. The van der Waals surface area contributed by atoms with Gasteiger partial charge in [0.15, 0.2) is 6.10 Å². The lowest BCUT2D eigenvalue weighted by Gasteiger charge is -2.18. The molecule has 5 nitrogen and oxygen atoms in total. The van der Waals surface area contributed by atoms with E-state index in [4.69, 9.17) is 16.3 Å². The summed E-state index contributed by atoms with van der Waals surface area (Å²) in [5.74, 6) is -1.17. The molecule has 0 bridgehead atoms. The number of ketones is 1. The van der Waals surface area contributed by atoms with Gasteiger partial charge in [-0.3, -0.25) is 9.59 Å². The summed E-state index contributed by atoms with van der Waals surface area (Å²) in [5.41, 5.74) is 2.51. The predicted octanol–water partition coefficient (Wildman–Crippen LogP) is 5.78. The number of amides is 1. The molecule has 3 aromatic rings. The van der Waals surface area contributed by atoms with E-state index in [1.807, 2.05) is 6.92 Å². The second-order valence-electron chi connectivity index (χ2n) is 7.00. The average molecular weight is 436 g/mol. The van der Waals surface area contributed by atoms with Crippen LogP contribution in [0.15, 0.2) is 72.8 Å². The predicted molar refractivity (Wildman–Crippen MR) is 120 cm³/mol. The van der Waals surface area contributed by atoms with Gasteiger partial charge in [-0.15, -0.1) is 0 Å². The highest BCUT2D eigenvalue weighted by atomic mass is 35.5. The summed E-state index contributed by atoms with van der Waals surface area (Å²) in [4.78, 5) is 37.8. The smallest absolute Gasteiger partial charge is 0.339 e. The number of hydrogen-bond donors (Lipinski definition) is 1. The Labute approximate surface area is 186 Å².